The van der Waals surface area contributed by atoms with Crippen LogP contribution in [0.1, 0.15) is 24.4 Å². The second kappa shape index (κ2) is 3.64. The van der Waals surface area contributed by atoms with E-state index in [9.17, 15) is 0 Å². The van der Waals surface area contributed by atoms with E-state index < -0.39 is 0 Å². The second-order valence-electron chi connectivity index (χ2n) is 3.28. The molecule has 70 valence electrons. The van der Waals surface area contributed by atoms with Crippen molar-refractivity contribution in [2.75, 3.05) is 12.3 Å². The molecule has 1 aromatic heterocycles. The predicted molar refractivity (Wildman–Crippen MR) is 56.3 cm³/mol. The van der Waals surface area contributed by atoms with E-state index in [2.05, 4.69) is 26.2 Å². The number of pyridine rings is 1. The lowest BCUT2D eigenvalue weighted by atomic mass is 10.1. The average molecular weight is 242 g/mol. The molecule has 0 bridgehead atoms. The van der Waals surface area contributed by atoms with Gasteiger partial charge in [0.15, 0.2) is 0 Å². The highest BCUT2D eigenvalue weighted by Crippen LogP contribution is 2.26. The molecule has 1 fully saturated rings. The first-order chi connectivity index (χ1) is 6.27. The Kier molecular flexibility index (Phi) is 2.51. The number of hydrogen-bond acceptors (Lipinski definition) is 3. The fourth-order valence-corrected chi connectivity index (χ4v) is 1.99. The van der Waals surface area contributed by atoms with E-state index in [4.69, 9.17) is 5.73 Å². The summed E-state index contributed by atoms with van der Waals surface area (Å²) in [7, 11) is 0. The summed E-state index contributed by atoms with van der Waals surface area (Å²) in [5.41, 5.74) is 6.83. The Morgan fingerprint density at radius 2 is 2.46 bits per heavy atom. The summed E-state index contributed by atoms with van der Waals surface area (Å²) < 4.78 is 0.888. The van der Waals surface area contributed by atoms with Crippen molar-refractivity contribution in [2.45, 2.75) is 18.9 Å². The van der Waals surface area contributed by atoms with E-state index in [0.717, 1.165) is 11.0 Å². The summed E-state index contributed by atoms with van der Waals surface area (Å²) in [6.45, 7) is 1.10. The molecule has 0 saturated carbocycles. The summed E-state index contributed by atoms with van der Waals surface area (Å²) >= 11 is 3.38. The lowest BCUT2D eigenvalue weighted by Crippen LogP contribution is -2.13. The third-order valence-electron chi connectivity index (χ3n) is 2.35. The van der Waals surface area contributed by atoms with Crippen LogP contribution in [0.15, 0.2) is 16.7 Å². The molecule has 4 heteroatoms. The van der Waals surface area contributed by atoms with Crippen molar-refractivity contribution in [3.63, 3.8) is 0 Å². The zero-order chi connectivity index (χ0) is 9.26. The largest absolute Gasteiger partial charge is 0.383 e. The standard InChI is InChI=1S/C9H12BrN3/c10-7-4-6(5-13-9(7)11)8-2-1-3-12-8/h4-5,8,12H,1-3H2,(H2,11,13). The highest BCUT2D eigenvalue weighted by Gasteiger charge is 2.16. The quantitative estimate of drug-likeness (QED) is 0.790. The minimum Gasteiger partial charge on any atom is -0.383 e. The topological polar surface area (TPSA) is 50.9 Å². The van der Waals surface area contributed by atoms with Gasteiger partial charge in [0.05, 0.1) is 4.47 Å². The smallest absolute Gasteiger partial charge is 0.137 e. The number of nitrogens with two attached hydrogens (primary N) is 1. The van der Waals surface area contributed by atoms with Gasteiger partial charge >= 0.3 is 0 Å². The lowest BCUT2D eigenvalue weighted by molar-refractivity contribution is 0.645. The van der Waals surface area contributed by atoms with Crippen molar-refractivity contribution >= 4 is 21.7 Å². The van der Waals surface area contributed by atoms with Crippen LogP contribution < -0.4 is 11.1 Å². The van der Waals surface area contributed by atoms with Crippen LogP contribution in [0.4, 0.5) is 5.82 Å². The molecule has 0 aromatic carbocycles. The molecule has 1 aliphatic heterocycles. The second-order valence-corrected chi connectivity index (χ2v) is 4.14. The van der Waals surface area contributed by atoms with Gasteiger partial charge in [0.2, 0.25) is 0 Å². The van der Waals surface area contributed by atoms with E-state index >= 15 is 0 Å². The van der Waals surface area contributed by atoms with Crippen molar-refractivity contribution in [2.24, 2.45) is 0 Å². The van der Waals surface area contributed by atoms with Gasteiger partial charge in [0.1, 0.15) is 5.82 Å². The number of anilines is 1. The molecule has 1 aromatic rings. The SMILES string of the molecule is Nc1ncc(C2CCCN2)cc1Br. The highest BCUT2D eigenvalue weighted by molar-refractivity contribution is 9.10. The number of nitrogens with one attached hydrogen (secondary N) is 1. The number of nitrogen functional groups attached to an aromatic ring is 1. The molecule has 3 N–H and O–H groups in total. The normalized spacial score (nSPS) is 22.1. The molecule has 13 heavy (non-hydrogen) atoms. The van der Waals surface area contributed by atoms with Crippen LogP contribution in [0.25, 0.3) is 0 Å². The average Bonchev–Trinajstić information content (AvgIpc) is 2.62. The molecule has 1 saturated heterocycles. The van der Waals surface area contributed by atoms with Gasteiger partial charge in [-0.2, -0.15) is 0 Å². The zero-order valence-electron chi connectivity index (χ0n) is 7.26. The van der Waals surface area contributed by atoms with Gasteiger partial charge in [-0.1, -0.05) is 0 Å². The summed E-state index contributed by atoms with van der Waals surface area (Å²) in [5.74, 6) is 0.557. The maximum Gasteiger partial charge on any atom is 0.137 e. The molecular weight excluding hydrogens is 230 g/mol. The fraction of sp³-hybridized carbons (Fsp3) is 0.444. The van der Waals surface area contributed by atoms with Gasteiger partial charge in [-0.15, -0.1) is 0 Å². The summed E-state index contributed by atoms with van der Waals surface area (Å²) in [6.07, 6.45) is 4.29. The van der Waals surface area contributed by atoms with E-state index in [1.54, 1.807) is 0 Å². The van der Waals surface area contributed by atoms with Crippen LogP contribution >= 0.6 is 15.9 Å². The van der Waals surface area contributed by atoms with Crippen LogP contribution in [0.3, 0.4) is 0 Å². The Morgan fingerprint density at radius 1 is 1.62 bits per heavy atom. The Hall–Kier alpha value is -0.610. The summed E-state index contributed by atoms with van der Waals surface area (Å²) in [6, 6.07) is 2.51. The first-order valence-electron chi connectivity index (χ1n) is 4.41. The number of hydrogen-bond donors (Lipinski definition) is 2. The van der Waals surface area contributed by atoms with Gasteiger partial charge in [-0.25, -0.2) is 4.98 Å². The summed E-state index contributed by atoms with van der Waals surface area (Å²) in [5, 5.41) is 3.42. The zero-order valence-corrected chi connectivity index (χ0v) is 8.84. The first kappa shape index (κ1) is 8.97. The molecule has 1 atom stereocenters. The van der Waals surface area contributed by atoms with Gasteiger partial charge < -0.3 is 11.1 Å². The molecule has 0 aliphatic carbocycles. The molecule has 1 aliphatic rings. The van der Waals surface area contributed by atoms with Crippen molar-refractivity contribution < 1.29 is 0 Å². The van der Waals surface area contributed by atoms with Crippen LogP contribution in [-0.2, 0) is 0 Å². The van der Waals surface area contributed by atoms with Crippen LogP contribution in [-0.4, -0.2) is 11.5 Å². The van der Waals surface area contributed by atoms with Crippen molar-refractivity contribution in [1.29, 1.82) is 0 Å². The number of nitrogens with zero attached hydrogens (tertiary/aromatic N) is 1. The Morgan fingerprint density at radius 3 is 3.08 bits per heavy atom. The Bertz CT molecular complexity index is 308. The minimum atomic E-state index is 0.462. The molecule has 0 amide bonds. The highest BCUT2D eigenvalue weighted by atomic mass is 79.9. The number of aromatic nitrogens is 1. The third kappa shape index (κ3) is 1.84. The molecule has 2 rings (SSSR count). The number of halogens is 1. The van der Waals surface area contributed by atoms with Gasteiger partial charge in [-0.3, -0.25) is 0 Å². The van der Waals surface area contributed by atoms with E-state index in [1.165, 1.54) is 18.4 Å². The van der Waals surface area contributed by atoms with Crippen molar-refractivity contribution in [1.82, 2.24) is 10.3 Å². The van der Waals surface area contributed by atoms with E-state index in [-0.39, 0.29) is 0 Å². The minimum absolute atomic E-state index is 0.462. The van der Waals surface area contributed by atoms with Crippen LogP contribution in [0.5, 0.6) is 0 Å². The monoisotopic (exact) mass is 241 g/mol. The maximum absolute atomic E-state index is 5.61. The molecular formula is C9H12BrN3. The first-order valence-corrected chi connectivity index (χ1v) is 5.21. The number of rotatable bonds is 1. The molecule has 0 radical (unpaired) electrons. The lowest BCUT2D eigenvalue weighted by Gasteiger charge is -2.10. The predicted octanol–water partition coefficient (Wildman–Crippen LogP) is 1.85. The molecule has 1 unspecified atom stereocenters. The van der Waals surface area contributed by atoms with Crippen LogP contribution in [0, 0.1) is 0 Å². The molecule has 2 heterocycles. The summed E-state index contributed by atoms with van der Waals surface area (Å²) in [4.78, 5) is 4.11. The van der Waals surface area contributed by atoms with Gasteiger partial charge in [0, 0.05) is 12.2 Å². The van der Waals surface area contributed by atoms with E-state index in [0.29, 0.717) is 11.9 Å². The Balaban J connectivity index is 2.25. The fourth-order valence-electron chi connectivity index (χ4n) is 1.62. The molecule has 3 nitrogen and oxygen atoms in total. The maximum atomic E-state index is 5.61. The van der Waals surface area contributed by atoms with Crippen molar-refractivity contribution in [3.05, 3.63) is 22.3 Å². The molecule has 0 spiro atoms. The Labute approximate surface area is 85.9 Å². The van der Waals surface area contributed by atoms with Crippen LogP contribution in [0.2, 0.25) is 0 Å². The van der Waals surface area contributed by atoms with Gasteiger partial charge in [0.25, 0.3) is 0 Å². The van der Waals surface area contributed by atoms with E-state index in [1.807, 2.05) is 12.3 Å². The third-order valence-corrected chi connectivity index (χ3v) is 2.99. The van der Waals surface area contributed by atoms with Gasteiger partial charge in [-0.05, 0) is 46.9 Å². The van der Waals surface area contributed by atoms with Crippen molar-refractivity contribution in [3.8, 4) is 0 Å².